The summed E-state index contributed by atoms with van der Waals surface area (Å²) in [5.74, 6) is 0.972. The molecule has 0 aromatic rings. The zero-order valence-corrected chi connectivity index (χ0v) is 17.4. The van der Waals surface area contributed by atoms with Crippen molar-refractivity contribution in [2.24, 2.45) is 0 Å². The van der Waals surface area contributed by atoms with Crippen molar-refractivity contribution in [2.75, 3.05) is 19.7 Å². The molecule has 26 heavy (non-hydrogen) atoms. The Morgan fingerprint density at radius 1 is 1.31 bits per heavy atom. The Balaban J connectivity index is 0. The highest BCUT2D eigenvalue weighted by molar-refractivity contribution is 5.46. The number of amides is 1. The lowest BCUT2D eigenvalue weighted by molar-refractivity contribution is -0.110. The highest BCUT2D eigenvalue weighted by Gasteiger charge is 2.08. The van der Waals surface area contributed by atoms with E-state index in [1.807, 2.05) is 0 Å². The van der Waals surface area contributed by atoms with E-state index in [2.05, 4.69) is 64.0 Å². The van der Waals surface area contributed by atoms with Gasteiger partial charge in [-0.25, -0.2) is 0 Å². The Morgan fingerprint density at radius 3 is 2.62 bits per heavy atom. The third-order valence-electron chi connectivity index (χ3n) is 4.57. The molecule has 2 N–H and O–H groups in total. The van der Waals surface area contributed by atoms with Gasteiger partial charge in [0.05, 0.1) is 0 Å². The maximum Gasteiger partial charge on any atom is 0.207 e. The highest BCUT2D eigenvalue weighted by atomic mass is 16.5. The molecule has 4 nitrogen and oxygen atoms in total. The summed E-state index contributed by atoms with van der Waals surface area (Å²) in [4.78, 5) is 10.1. The first-order chi connectivity index (χ1) is 12.5. The quantitative estimate of drug-likeness (QED) is 0.311. The lowest BCUT2D eigenvalue weighted by atomic mass is 10.0. The molecule has 0 saturated heterocycles. The van der Waals surface area contributed by atoms with Crippen LogP contribution in [-0.2, 0) is 9.53 Å². The lowest BCUT2D eigenvalue weighted by Gasteiger charge is -2.12. The van der Waals surface area contributed by atoms with Crippen LogP contribution in [0, 0.1) is 0 Å². The van der Waals surface area contributed by atoms with Crippen LogP contribution in [0.2, 0.25) is 0 Å². The van der Waals surface area contributed by atoms with Crippen LogP contribution in [0.1, 0.15) is 61.7 Å². The first kappa shape index (κ1) is 24.2. The lowest BCUT2D eigenvalue weighted by Crippen LogP contribution is -2.28. The molecular weight excluding hydrogens is 324 g/mol. The number of ether oxygens (including phenoxy) is 1. The van der Waals surface area contributed by atoms with Gasteiger partial charge in [-0.2, -0.15) is 0 Å². The summed E-state index contributed by atoms with van der Waals surface area (Å²) in [6.07, 6.45) is 11.0. The van der Waals surface area contributed by atoms with Gasteiger partial charge in [0.1, 0.15) is 12.4 Å². The van der Waals surface area contributed by atoms with Crippen LogP contribution in [0.15, 0.2) is 47.3 Å². The van der Waals surface area contributed by atoms with Crippen LogP contribution in [-0.4, -0.2) is 32.1 Å². The van der Waals surface area contributed by atoms with Crippen LogP contribution in [0.3, 0.4) is 0 Å². The summed E-state index contributed by atoms with van der Waals surface area (Å²) >= 11 is 0. The predicted molar refractivity (Wildman–Crippen MR) is 114 cm³/mol. The van der Waals surface area contributed by atoms with E-state index in [1.165, 1.54) is 16.7 Å². The molecule has 1 amide bonds. The van der Waals surface area contributed by atoms with Crippen LogP contribution in [0.4, 0.5) is 0 Å². The van der Waals surface area contributed by atoms with Gasteiger partial charge in [0, 0.05) is 7.47 Å². The Labute approximate surface area is 162 Å². The first-order valence-corrected chi connectivity index (χ1v) is 9.69. The van der Waals surface area contributed by atoms with E-state index >= 15 is 0 Å². The summed E-state index contributed by atoms with van der Waals surface area (Å²) in [6, 6.07) is 0.362. The SMILES string of the molecule is C=CCOC1=C(C)C(C)=C(C)CC=C1.CCNCCCC(CC)NC=O.[HH]. The molecule has 1 aliphatic rings. The van der Waals surface area contributed by atoms with Gasteiger partial charge in [0.25, 0.3) is 0 Å². The van der Waals surface area contributed by atoms with Crippen molar-refractivity contribution in [3.63, 3.8) is 0 Å². The summed E-state index contributed by atoms with van der Waals surface area (Å²) in [6.45, 7) is 16.9. The molecule has 0 saturated carbocycles. The third kappa shape index (κ3) is 10.2. The molecule has 1 atom stereocenters. The van der Waals surface area contributed by atoms with Crippen LogP contribution in [0.25, 0.3) is 0 Å². The van der Waals surface area contributed by atoms with Gasteiger partial charge >= 0.3 is 0 Å². The monoisotopic (exact) mass is 364 g/mol. The number of hydrogen-bond acceptors (Lipinski definition) is 3. The van der Waals surface area contributed by atoms with Gasteiger partial charge < -0.3 is 15.4 Å². The van der Waals surface area contributed by atoms with Crippen LogP contribution >= 0.6 is 0 Å². The van der Waals surface area contributed by atoms with Crippen molar-refractivity contribution in [3.05, 3.63) is 47.3 Å². The second-order valence-corrected chi connectivity index (χ2v) is 6.49. The fourth-order valence-electron chi connectivity index (χ4n) is 2.58. The van der Waals surface area contributed by atoms with Crippen molar-refractivity contribution in [2.45, 2.75) is 66.3 Å². The molecule has 150 valence electrons. The number of carbonyl (C=O) groups is 1. The molecule has 0 aliphatic heterocycles. The Hall–Kier alpha value is -1.81. The van der Waals surface area contributed by atoms with Gasteiger partial charge in [-0.15, -0.1) is 0 Å². The average molecular weight is 365 g/mol. The third-order valence-corrected chi connectivity index (χ3v) is 4.57. The van der Waals surface area contributed by atoms with Crippen molar-refractivity contribution >= 4 is 6.41 Å². The standard InChI is InChI=1S/C13H18O.C9H20N2O.H2/c1-5-9-14-13-8-6-7-10(2)11(3)12(13)4;1-3-9(11-8-12)6-5-7-10-4-2;/h5-6,8H,1,7,9H2,2-4H3;8-10H,3-7H2,1-2H3,(H,11,12);1H. The minimum absolute atomic E-state index is 0. The second-order valence-electron chi connectivity index (χ2n) is 6.49. The molecule has 0 aromatic carbocycles. The summed E-state index contributed by atoms with van der Waals surface area (Å²) in [7, 11) is 0. The van der Waals surface area contributed by atoms with Crippen LogP contribution < -0.4 is 10.6 Å². The molecule has 4 heteroatoms. The van der Waals surface area contributed by atoms with E-state index in [-0.39, 0.29) is 1.43 Å². The maximum atomic E-state index is 10.1. The van der Waals surface area contributed by atoms with Crippen molar-refractivity contribution in [3.8, 4) is 0 Å². The van der Waals surface area contributed by atoms with Crippen molar-refractivity contribution in [1.29, 1.82) is 0 Å². The zero-order valence-electron chi connectivity index (χ0n) is 17.4. The van der Waals surface area contributed by atoms with Gasteiger partial charge in [-0.05, 0) is 76.8 Å². The van der Waals surface area contributed by atoms with E-state index in [0.29, 0.717) is 12.6 Å². The summed E-state index contributed by atoms with van der Waals surface area (Å²) in [5, 5.41) is 6.05. The number of carbonyl (C=O) groups excluding carboxylic acids is 1. The second kappa shape index (κ2) is 15.4. The van der Waals surface area contributed by atoms with E-state index in [0.717, 1.165) is 50.9 Å². The van der Waals surface area contributed by atoms with E-state index in [9.17, 15) is 4.79 Å². The summed E-state index contributed by atoms with van der Waals surface area (Å²) < 4.78 is 5.58. The van der Waals surface area contributed by atoms with Gasteiger partial charge in [0.2, 0.25) is 6.41 Å². The van der Waals surface area contributed by atoms with Crippen molar-refractivity contribution in [1.82, 2.24) is 10.6 Å². The Kier molecular flexibility index (Phi) is 14.4. The topological polar surface area (TPSA) is 50.4 Å². The van der Waals surface area contributed by atoms with E-state index < -0.39 is 0 Å². The largest absolute Gasteiger partial charge is 0.489 e. The number of allylic oxidation sites excluding steroid dienone is 5. The first-order valence-electron chi connectivity index (χ1n) is 9.69. The molecule has 0 radical (unpaired) electrons. The maximum absolute atomic E-state index is 10.1. The number of nitrogens with one attached hydrogen (secondary N) is 2. The molecule has 0 heterocycles. The normalized spacial score (nSPS) is 15.0. The Morgan fingerprint density at radius 2 is 2.04 bits per heavy atom. The smallest absolute Gasteiger partial charge is 0.207 e. The molecule has 0 spiro atoms. The molecule has 1 unspecified atom stereocenters. The zero-order chi connectivity index (χ0) is 19.8. The minimum Gasteiger partial charge on any atom is -0.489 e. The number of hydrogen-bond donors (Lipinski definition) is 2. The fourth-order valence-corrected chi connectivity index (χ4v) is 2.58. The molecular formula is C22H40N2O2. The Bertz CT molecular complexity index is 510. The molecule has 0 fully saturated rings. The highest BCUT2D eigenvalue weighted by Crippen LogP contribution is 2.24. The average Bonchev–Trinajstić information content (AvgIpc) is 2.76. The van der Waals surface area contributed by atoms with Gasteiger partial charge in [0.15, 0.2) is 0 Å². The minimum atomic E-state index is 0. The molecule has 0 aromatic heterocycles. The molecule has 0 bridgehead atoms. The van der Waals surface area contributed by atoms with Gasteiger partial charge in [-0.1, -0.05) is 38.2 Å². The predicted octanol–water partition coefficient (Wildman–Crippen LogP) is 4.91. The molecule has 1 aliphatic carbocycles. The summed E-state index contributed by atoms with van der Waals surface area (Å²) in [5.41, 5.74) is 3.99. The number of rotatable bonds is 11. The van der Waals surface area contributed by atoms with E-state index in [1.54, 1.807) is 6.08 Å². The van der Waals surface area contributed by atoms with Gasteiger partial charge in [-0.3, -0.25) is 4.79 Å². The fraction of sp³-hybridized carbons (Fsp3) is 0.591. The van der Waals surface area contributed by atoms with E-state index in [4.69, 9.17) is 4.74 Å². The van der Waals surface area contributed by atoms with Crippen LogP contribution in [0.5, 0.6) is 0 Å². The molecule has 1 rings (SSSR count). The van der Waals surface area contributed by atoms with Crippen molar-refractivity contribution < 1.29 is 11.0 Å².